The largest absolute Gasteiger partial charge is 0.381 e. The number of para-hydroxylation sites is 1. The monoisotopic (exact) mass is 375 g/mol. The van der Waals surface area contributed by atoms with Crippen molar-refractivity contribution in [3.63, 3.8) is 0 Å². The third-order valence-corrected chi connectivity index (χ3v) is 5.72. The molecule has 0 N–H and O–H groups in total. The van der Waals surface area contributed by atoms with Crippen LogP contribution in [-0.2, 0) is 4.74 Å². The van der Waals surface area contributed by atoms with Gasteiger partial charge in [-0.15, -0.1) is 0 Å². The molecule has 2 fully saturated rings. The molecule has 0 amide bonds. The zero-order valence-electron chi connectivity index (χ0n) is 16.0. The van der Waals surface area contributed by atoms with E-state index in [1.54, 1.807) is 6.20 Å². The van der Waals surface area contributed by atoms with Crippen LogP contribution in [0, 0.1) is 5.92 Å². The third kappa shape index (κ3) is 3.57. The molecule has 1 aromatic carbocycles. The van der Waals surface area contributed by atoms with Gasteiger partial charge < -0.3 is 9.64 Å². The summed E-state index contributed by atoms with van der Waals surface area (Å²) in [6.07, 6.45) is 4.81. The number of aromatic nitrogens is 3. The Hall–Kier alpha value is -2.57. The Balaban J connectivity index is 1.40. The SMILES string of the molecule is c1cncc(-c2nc(N3CCN(CC4CCOC4)CC3)c3ccccc3n2)c1. The number of nitrogens with zero attached hydrogens (tertiary/aromatic N) is 5. The van der Waals surface area contributed by atoms with E-state index in [0.29, 0.717) is 5.92 Å². The first-order valence-corrected chi connectivity index (χ1v) is 10.1. The fourth-order valence-corrected chi connectivity index (χ4v) is 4.16. The van der Waals surface area contributed by atoms with Crippen LogP contribution >= 0.6 is 0 Å². The summed E-state index contributed by atoms with van der Waals surface area (Å²) in [4.78, 5) is 19.0. The first-order chi connectivity index (χ1) is 13.9. The number of pyridine rings is 1. The summed E-state index contributed by atoms with van der Waals surface area (Å²) in [5.74, 6) is 2.48. The molecule has 6 nitrogen and oxygen atoms in total. The molecule has 0 aliphatic carbocycles. The number of rotatable bonds is 4. The molecule has 3 aromatic rings. The van der Waals surface area contributed by atoms with Gasteiger partial charge in [-0.25, -0.2) is 9.97 Å². The minimum Gasteiger partial charge on any atom is -0.381 e. The van der Waals surface area contributed by atoms with E-state index in [2.05, 4.69) is 33.0 Å². The maximum absolute atomic E-state index is 5.53. The summed E-state index contributed by atoms with van der Waals surface area (Å²) in [6, 6.07) is 12.2. The molecular formula is C22H25N5O. The van der Waals surface area contributed by atoms with E-state index in [1.165, 1.54) is 6.42 Å². The predicted molar refractivity (Wildman–Crippen MR) is 110 cm³/mol. The van der Waals surface area contributed by atoms with Crippen molar-refractivity contribution in [1.82, 2.24) is 19.9 Å². The van der Waals surface area contributed by atoms with Crippen molar-refractivity contribution >= 4 is 16.7 Å². The number of benzene rings is 1. The Morgan fingerprint density at radius 3 is 2.68 bits per heavy atom. The first kappa shape index (κ1) is 17.5. The van der Waals surface area contributed by atoms with Crippen LogP contribution in [0.1, 0.15) is 6.42 Å². The Kier molecular flexibility index (Phi) is 4.89. The van der Waals surface area contributed by atoms with Crippen LogP contribution in [0.5, 0.6) is 0 Å². The highest BCUT2D eigenvalue weighted by Gasteiger charge is 2.24. The summed E-state index contributed by atoms with van der Waals surface area (Å²) < 4.78 is 5.53. The minimum atomic E-state index is 0.698. The Bertz CT molecular complexity index is 934. The highest BCUT2D eigenvalue weighted by Crippen LogP contribution is 2.28. The predicted octanol–water partition coefficient (Wildman–Crippen LogP) is 2.85. The van der Waals surface area contributed by atoms with Gasteiger partial charge in [0.05, 0.1) is 12.1 Å². The average Bonchev–Trinajstić information content (AvgIpc) is 3.27. The molecule has 144 valence electrons. The maximum Gasteiger partial charge on any atom is 0.163 e. The minimum absolute atomic E-state index is 0.698. The fourth-order valence-electron chi connectivity index (χ4n) is 4.16. The molecule has 28 heavy (non-hydrogen) atoms. The van der Waals surface area contributed by atoms with E-state index in [-0.39, 0.29) is 0 Å². The molecule has 2 aliphatic heterocycles. The van der Waals surface area contributed by atoms with E-state index < -0.39 is 0 Å². The molecule has 2 aromatic heterocycles. The lowest BCUT2D eigenvalue weighted by atomic mass is 10.1. The standard InChI is InChI=1S/C22H25N5O/c1-2-6-20-19(5-1)22(25-21(24-20)18-4-3-8-23-14-18)27-11-9-26(10-12-27)15-17-7-13-28-16-17/h1-6,8,14,17H,7,9-13,15-16H2. The van der Waals surface area contributed by atoms with Gasteiger partial charge >= 0.3 is 0 Å². The molecule has 5 rings (SSSR count). The summed E-state index contributed by atoms with van der Waals surface area (Å²) in [6.45, 7) is 7.11. The Morgan fingerprint density at radius 1 is 1.00 bits per heavy atom. The molecule has 0 spiro atoms. The third-order valence-electron chi connectivity index (χ3n) is 5.72. The topological polar surface area (TPSA) is 54.4 Å². The second kappa shape index (κ2) is 7.81. The van der Waals surface area contributed by atoms with E-state index in [9.17, 15) is 0 Å². The average molecular weight is 375 g/mol. The van der Waals surface area contributed by atoms with E-state index in [1.807, 2.05) is 24.4 Å². The van der Waals surface area contributed by atoms with Crippen LogP contribution in [0.2, 0.25) is 0 Å². The smallest absolute Gasteiger partial charge is 0.163 e. The molecule has 0 saturated carbocycles. The molecule has 2 aliphatic rings. The van der Waals surface area contributed by atoms with E-state index in [0.717, 1.165) is 74.0 Å². The maximum atomic E-state index is 5.53. The quantitative estimate of drug-likeness (QED) is 0.699. The molecule has 0 radical (unpaired) electrons. The van der Waals surface area contributed by atoms with Crippen LogP contribution < -0.4 is 4.90 Å². The lowest BCUT2D eigenvalue weighted by Gasteiger charge is -2.36. The highest BCUT2D eigenvalue weighted by atomic mass is 16.5. The van der Waals surface area contributed by atoms with Crippen molar-refractivity contribution < 1.29 is 4.74 Å². The second-order valence-electron chi connectivity index (χ2n) is 7.65. The van der Waals surface area contributed by atoms with E-state index in [4.69, 9.17) is 14.7 Å². The van der Waals surface area contributed by atoms with Crippen LogP contribution in [0.25, 0.3) is 22.3 Å². The van der Waals surface area contributed by atoms with Gasteiger partial charge in [-0.2, -0.15) is 0 Å². The van der Waals surface area contributed by atoms with Crippen molar-refractivity contribution in [2.24, 2.45) is 5.92 Å². The van der Waals surface area contributed by atoms with Gasteiger partial charge in [0.15, 0.2) is 5.82 Å². The van der Waals surface area contributed by atoms with Gasteiger partial charge in [-0.05, 0) is 36.6 Å². The van der Waals surface area contributed by atoms with Crippen molar-refractivity contribution in [2.75, 3.05) is 50.8 Å². The molecule has 6 heteroatoms. The number of hydrogen-bond donors (Lipinski definition) is 0. The van der Waals surface area contributed by atoms with Gasteiger partial charge in [0.1, 0.15) is 5.82 Å². The summed E-state index contributed by atoms with van der Waals surface area (Å²) >= 11 is 0. The normalized spacial score (nSPS) is 20.7. The Labute approximate surface area is 165 Å². The summed E-state index contributed by atoms with van der Waals surface area (Å²) in [5, 5.41) is 1.12. The van der Waals surface area contributed by atoms with Crippen molar-refractivity contribution in [1.29, 1.82) is 0 Å². The van der Waals surface area contributed by atoms with Crippen LogP contribution in [-0.4, -0.2) is 65.8 Å². The lowest BCUT2D eigenvalue weighted by molar-refractivity contribution is 0.164. The van der Waals surface area contributed by atoms with Gasteiger partial charge in [0.2, 0.25) is 0 Å². The van der Waals surface area contributed by atoms with Crippen LogP contribution in [0.3, 0.4) is 0 Å². The number of ether oxygens (including phenoxy) is 1. The van der Waals surface area contributed by atoms with E-state index >= 15 is 0 Å². The number of fused-ring (bicyclic) bond motifs is 1. The molecule has 0 bridgehead atoms. The lowest BCUT2D eigenvalue weighted by Crippen LogP contribution is -2.48. The number of anilines is 1. The highest BCUT2D eigenvalue weighted by molar-refractivity contribution is 5.91. The van der Waals surface area contributed by atoms with Crippen molar-refractivity contribution in [3.05, 3.63) is 48.8 Å². The molecule has 1 atom stereocenters. The molecule has 2 saturated heterocycles. The first-order valence-electron chi connectivity index (χ1n) is 10.1. The Morgan fingerprint density at radius 2 is 1.89 bits per heavy atom. The van der Waals surface area contributed by atoms with Gasteiger partial charge in [-0.1, -0.05) is 12.1 Å². The zero-order valence-corrected chi connectivity index (χ0v) is 16.0. The van der Waals surface area contributed by atoms with Crippen LogP contribution in [0.4, 0.5) is 5.82 Å². The zero-order chi connectivity index (χ0) is 18.8. The molecular weight excluding hydrogens is 350 g/mol. The van der Waals surface area contributed by atoms with Crippen molar-refractivity contribution in [3.8, 4) is 11.4 Å². The van der Waals surface area contributed by atoms with Gasteiger partial charge in [-0.3, -0.25) is 9.88 Å². The second-order valence-corrected chi connectivity index (χ2v) is 7.65. The molecule has 1 unspecified atom stereocenters. The van der Waals surface area contributed by atoms with Gasteiger partial charge in [0.25, 0.3) is 0 Å². The molecule has 4 heterocycles. The summed E-state index contributed by atoms with van der Waals surface area (Å²) in [7, 11) is 0. The van der Waals surface area contributed by atoms with Crippen LogP contribution in [0.15, 0.2) is 48.8 Å². The summed E-state index contributed by atoms with van der Waals surface area (Å²) in [5.41, 5.74) is 1.94. The fraction of sp³-hybridized carbons (Fsp3) is 0.409. The van der Waals surface area contributed by atoms with Crippen molar-refractivity contribution in [2.45, 2.75) is 6.42 Å². The number of piperazine rings is 1. The van der Waals surface area contributed by atoms with Gasteiger partial charge in [0, 0.05) is 62.7 Å². The number of hydrogen-bond acceptors (Lipinski definition) is 6.